The molecule has 4 heteroatoms. The molecule has 0 spiro atoms. The zero-order chi connectivity index (χ0) is 16.7. The molecule has 2 rings (SSSR count). The standard InChI is InChI=1S/C19H24N2O2/c1-15(22)14-21(2)19(23)20-18(17-11-7-4-8-12-17)13-16-9-5-3-6-10-16/h3-12,15,18,22H,13-14H2,1-2H3,(H,20,23). The second-order valence-corrected chi connectivity index (χ2v) is 5.83. The molecule has 2 amide bonds. The van der Waals surface area contributed by atoms with Crippen LogP contribution >= 0.6 is 0 Å². The average molecular weight is 312 g/mol. The van der Waals surface area contributed by atoms with Crippen molar-refractivity contribution in [1.29, 1.82) is 0 Å². The van der Waals surface area contributed by atoms with Crippen LogP contribution in [0.15, 0.2) is 60.7 Å². The van der Waals surface area contributed by atoms with E-state index in [4.69, 9.17) is 0 Å². The molecule has 2 aromatic carbocycles. The van der Waals surface area contributed by atoms with Gasteiger partial charge in [-0.25, -0.2) is 4.79 Å². The number of likely N-dealkylation sites (N-methyl/N-ethyl adjacent to an activating group) is 1. The highest BCUT2D eigenvalue weighted by molar-refractivity contribution is 5.74. The van der Waals surface area contributed by atoms with Gasteiger partial charge in [0.05, 0.1) is 12.1 Å². The minimum atomic E-state index is -0.546. The summed E-state index contributed by atoms with van der Waals surface area (Å²) in [4.78, 5) is 13.9. The number of urea groups is 1. The molecule has 0 aliphatic rings. The van der Waals surface area contributed by atoms with Gasteiger partial charge in [-0.1, -0.05) is 60.7 Å². The third-order valence-electron chi connectivity index (χ3n) is 3.67. The molecule has 122 valence electrons. The van der Waals surface area contributed by atoms with E-state index < -0.39 is 6.10 Å². The third-order valence-corrected chi connectivity index (χ3v) is 3.67. The second-order valence-electron chi connectivity index (χ2n) is 5.83. The Hall–Kier alpha value is -2.33. The van der Waals surface area contributed by atoms with E-state index in [0.29, 0.717) is 6.54 Å². The number of nitrogens with one attached hydrogen (secondary N) is 1. The van der Waals surface area contributed by atoms with Crippen LogP contribution in [-0.2, 0) is 6.42 Å². The van der Waals surface area contributed by atoms with Crippen molar-refractivity contribution >= 4 is 6.03 Å². The normalized spacial score (nSPS) is 13.2. The molecular weight excluding hydrogens is 288 g/mol. The molecule has 0 heterocycles. The van der Waals surface area contributed by atoms with Crippen LogP contribution in [0, 0.1) is 0 Å². The van der Waals surface area contributed by atoms with Crippen LogP contribution < -0.4 is 5.32 Å². The van der Waals surface area contributed by atoms with E-state index in [2.05, 4.69) is 17.4 Å². The Morgan fingerprint density at radius 1 is 1.09 bits per heavy atom. The quantitative estimate of drug-likeness (QED) is 0.861. The number of carbonyl (C=O) groups excluding carboxylic acids is 1. The maximum absolute atomic E-state index is 12.4. The number of nitrogens with zero attached hydrogens (tertiary/aromatic N) is 1. The van der Waals surface area contributed by atoms with Gasteiger partial charge in [0.1, 0.15) is 0 Å². The van der Waals surface area contributed by atoms with Crippen LogP contribution in [0.1, 0.15) is 24.1 Å². The van der Waals surface area contributed by atoms with Crippen LogP contribution in [0.25, 0.3) is 0 Å². The molecule has 2 unspecified atom stereocenters. The van der Waals surface area contributed by atoms with E-state index in [1.165, 1.54) is 10.5 Å². The minimum Gasteiger partial charge on any atom is -0.392 e. The summed E-state index contributed by atoms with van der Waals surface area (Å²) in [5.74, 6) is 0. The van der Waals surface area contributed by atoms with E-state index in [0.717, 1.165) is 12.0 Å². The van der Waals surface area contributed by atoms with Crippen molar-refractivity contribution in [2.45, 2.75) is 25.5 Å². The minimum absolute atomic E-state index is 0.109. The van der Waals surface area contributed by atoms with Crippen molar-refractivity contribution in [2.24, 2.45) is 0 Å². The summed E-state index contributed by atoms with van der Waals surface area (Å²) in [6.07, 6.45) is 0.175. The topological polar surface area (TPSA) is 52.6 Å². The Morgan fingerprint density at radius 2 is 1.65 bits per heavy atom. The molecule has 0 aromatic heterocycles. The molecule has 0 fully saturated rings. The number of amides is 2. The first-order chi connectivity index (χ1) is 11.1. The molecule has 2 N–H and O–H groups in total. The average Bonchev–Trinajstić information content (AvgIpc) is 2.55. The smallest absolute Gasteiger partial charge is 0.317 e. The van der Waals surface area contributed by atoms with Crippen LogP contribution in [-0.4, -0.2) is 35.7 Å². The summed E-state index contributed by atoms with van der Waals surface area (Å²) in [6.45, 7) is 1.97. The van der Waals surface area contributed by atoms with Crippen molar-refractivity contribution in [2.75, 3.05) is 13.6 Å². The van der Waals surface area contributed by atoms with Crippen molar-refractivity contribution in [1.82, 2.24) is 10.2 Å². The fourth-order valence-corrected chi connectivity index (χ4v) is 2.53. The summed E-state index contributed by atoms with van der Waals surface area (Å²) in [7, 11) is 1.69. The number of benzene rings is 2. The maximum atomic E-state index is 12.4. The predicted molar refractivity (Wildman–Crippen MR) is 92.2 cm³/mol. The molecule has 4 nitrogen and oxygen atoms in total. The number of aliphatic hydroxyl groups excluding tert-OH is 1. The van der Waals surface area contributed by atoms with E-state index >= 15 is 0 Å². The number of aliphatic hydroxyl groups is 1. The lowest BCUT2D eigenvalue weighted by Crippen LogP contribution is -2.42. The first kappa shape index (κ1) is 17.0. The molecule has 0 bridgehead atoms. The van der Waals surface area contributed by atoms with Gasteiger partial charge >= 0.3 is 6.03 Å². The Bertz CT molecular complexity index is 599. The molecule has 0 aliphatic carbocycles. The summed E-state index contributed by atoms with van der Waals surface area (Å²) in [6, 6.07) is 19.7. The summed E-state index contributed by atoms with van der Waals surface area (Å²) in [5, 5.41) is 12.5. The highest BCUT2D eigenvalue weighted by atomic mass is 16.3. The Balaban J connectivity index is 2.12. The lowest BCUT2D eigenvalue weighted by Gasteiger charge is -2.25. The monoisotopic (exact) mass is 312 g/mol. The molecule has 23 heavy (non-hydrogen) atoms. The van der Waals surface area contributed by atoms with Crippen molar-refractivity contribution in [3.05, 3.63) is 71.8 Å². The van der Waals surface area contributed by atoms with Crippen molar-refractivity contribution in [3.8, 4) is 0 Å². The lowest BCUT2D eigenvalue weighted by atomic mass is 9.99. The largest absolute Gasteiger partial charge is 0.392 e. The lowest BCUT2D eigenvalue weighted by molar-refractivity contribution is 0.142. The van der Waals surface area contributed by atoms with Gasteiger partial charge in [-0.15, -0.1) is 0 Å². The van der Waals surface area contributed by atoms with Gasteiger partial charge in [0.2, 0.25) is 0 Å². The van der Waals surface area contributed by atoms with Crippen molar-refractivity contribution in [3.63, 3.8) is 0 Å². The maximum Gasteiger partial charge on any atom is 0.317 e. The number of carbonyl (C=O) groups is 1. The first-order valence-electron chi connectivity index (χ1n) is 7.85. The molecule has 2 aromatic rings. The number of rotatable bonds is 6. The number of hydrogen-bond donors (Lipinski definition) is 2. The first-order valence-corrected chi connectivity index (χ1v) is 7.85. The highest BCUT2D eigenvalue weighted by Crippen LogP contribution is 2.18. The van der Waals surface area contributed by atoms with E-state index in [9.17, 15) is 9.90 Å². The van der Waals surface area contributed by atoms with Gasteiger partial charge in [0.25, 0.3) is 0 Å². The van der Waals surface area contributed by atoms with E-state index in [1.54, 1.807) is 14.0 Å². The molecule has 0 saturated heterocycles. The van der Waals surface area contributed by atoms with Crippen LogP contribution in [0.2, 0.25) is 0 Å². The van der Waals surface area contributed by atoms with Gasteiger partial charge in [0, 0.05) is 13.6 Å². The summed E-state index contributed by atoms with van der Waals surface area (Å²) < 4.78 is 0. The SMILES string of the molecule is CC(O)CN(C)C(=O)NC(Cc1ccccc1)c1ccccc1. The van der Waals surface area contributed by atoms with Crippen LogP contribution in [0.4, 0.5) is 4.79 Å². The molecule has 0 aliphatic heterocycles. The fraction of sp³-hybridized carbons (Fsp3) is 0.316. The van der Waals surface area contributed by atoms with Crippen LogP contribution in [0.3, 0.4) is 0 Å². The van der Waals surface area contributed by atoms with Gasteiger partial charge < -0.3 is 15.3 Å². The van der Waals surface area contributed by atoms with Gasteiger partial charge in [-0.3, -0.25) is 0 Å². The molecule has 2 atom stereocenters. The highest BCUT2D eigenvalue weighted by Gasteiger charge is 2.18. The number of hydrogen-bond acceptors (Lipinski definition) is 2. The Labute approximate surface area is 137 Å². The molecule has 0 radical (unpaired) electrons. The van der Waals surface area contributed by atoms with Gasteiger partial charge in [-0.2, -0.15) is 0 Å². The Morgan fingerprint density at radius 3 is 2.22 bits per heavy atom. The summed E-state index contributed by atoms with van der Waals surface area (Å²) in [5.41, 5.74) is 2.23. The zero-order valence-electron chi connectivity index (χ0n) is 13.6. The van der Waals surface area contributed by atoms with E-state index in [1.807, 2.05) is 48.5 Å². The Kier molecular flexibility index (Phi) is 6.18. The molecule has 0 saturated carbocycles. The van der Waals surface area contributed by atoms with Gasteiger partial charge in [-0.05, 0) is 24.5 Å². The second kappa shape index (κ2) is 8.34. The predicted octanol–water partition coefficient (Wildman–Crippen LogP) is 2.99. The van der Waals surface area contributed by atoms with Crippen LogP contribution in [0.5, 0.6) is 0 Å². The fourth-order valence-electron chi connectivity index (χ4n) is 2.53. The van der Waals surface area contributed by atoms with E-state index in [-0.39, 0.29) is 12.1 Å². The summed E-state index contributed by atoms with van der Waals surface area (Å²) >= 11 is 0. The molecular formula is C19H24N2O2. The van der Waals surface area contributed by atoms with Crippen molar-refractivity contribution < 1.29 is 9.90 Å². The third kappa shape index (κ3) is 5.42. The van der Waals surface area contributed by atoms with Gasteiger partial charge in [0.15, 0.2) is 0 Å². The zero-order valence-corrected chi connectivity index (χ0v) is 13.6.